The van der Waals surface area contributed by atoms with E-state index in [-0.39, 0.29) is 5.57 Å². The summed E-state index contributed by atoms with van der Waals surface area (Å²) in [4.78, 5) is 12.4. The summed E-state index contributed by atoms with van der Waals surface area (Å²) < 4.78 is 16.5. The maximum Gasteiger partial charge on any atom is 0.266 e. The summed E-state index contributed by atoms with van der Waals surface area (Å²) in [5, 5.41) is 12.1. The normalized spacial score (nSPS) is 10.7. The highest BCUT2D eigenvalue weighted by Gasteiger charge is 2.13. The molecule has 0 radical (unpaired) electrons. The minimum absolute atomic E-state index is 0.0316. The van der Waals surface area contributed by atoms with Crippen molar-refractivity contribution in [2.75, 3.05) is 26.6 Å². The molecule has 0 atom stereocenters. The Bertz CT molecular complexity index is 888. The molecule has 1 amide bonds. The number of rotatable bonds is 6. The van der Waals surface area contributed by atoms with Crippen molar-refractivity contribution >= 4 is 40.3 Å². The van der Waals surface area contributed by atoms with Crippen LogP contribution in [0.4, 0.5) is 5.69 Å². The number of carbonyl (C=O) groups excluding carboxylic acids is 1. The quantitative estimate of drug-likeness (QED) is 0.399. The lowest BCUT2D eigenvalue weighted by atomic mass is 10.1. The van der Waals surface area contributed by atoms with Crippen molar-refractivity contribution in [3.05, 3.63) is 51.1 Å². The Balaban J connectivity index is 2.31. The van der Waals surface area contributed by atoms with Crippen molar-refractivity contribution in [1.82, 2.24) is 0 Å². The van der Waals surface area contributed by atoms with Crippen LogP contribution in [-0.2, 0) is 4.79 Å². The minimum Gasteiger partial charge on any atom is -0.497 e. The topological polar surface area (TPSA) is 80.6 Å². The smallest absolute Gasteiger partial charge is 0.266 e. The molecular weight excluding hydrogens is 447 g/mol. The van der Waals surface area contributed by atoms with E-state index in [4.69, 9.17) is 14.2 Å². The van der Waals surface area contributed by atoms with Crippen LogP contribution in [0.25, 0.3) is 6.08 Å². The number of hydrogen-bond acceptors (Lipinski definition) is 5. The summed E-state index contributed by atoms with van der Waals surface area (Å²) in [5.74, 6) is 1.23. The number of halogens is 1. The van der Waals surface area contributed by atoms with Gasteiger partial charge < -0.3 is 19.5 Å². The molecule has 134 valence electrons. The number of carbonyl (C=O) groups is 1. The first kappa shape index (κ1) is 19.6. The molecule has 2 aromatic carbocycles. The summed E-state index contributed by atoms with van der Waals surface area (Å²) in [6, 6.07) is 12.3. The molecule has 0 aliphatic carbocycles. The van der Waals surface area contributed by atoms with E-state index in [9.17, 15) is 10.1 Å². The molecule has 0 heterocycles. The van der Waals surface area contributed by atoms with Crippen LogP contribution < -0.4 is 19.5 Å². The minimum atomic E-state index is -0.509. The highest BCUT2D eigenvalue weighted by molar-refractivity contribution is 14.1. The number of hydrogen-bond donors (Lipinski definition) is 1. The van der Waals surface area contributed by atoms with E-state index in [0.717, 1.165) is 3.57 Å². The van der Waals surface area contributed by atoms with E-state index < -0.39 is 5.91 Å². The van der Waals surface area contributed by atoms with Crippen LogP contribution in [0.15, 0.2) is 42.0 Å². The van der Waals surface area contributed by atoms with Gasteiger partial charge in [0, 0.05) is 11.8 Å². The van der Waals surface area contributed by atoms with Crippen molar-refractivity contribution in [1.29, 1.82) is 5.26 Å². The van der Waals surface area contributed by atoms with Gasteiger partial charge in [-0.15, -0.1) is 0 Å². The van der Waals surface area contributed by atoms with E-state index in [1.807, 2.05) is 6.07 Å². The van der Waals surface area contributed by atoms with E-state index in [1.54, 1.807) is 50.6 Å². The molecule has 0 unspecified atom stereocenters. The Morgan fingerprint density at radius 2 is 1.92 bits per heavy atom. The van der Waals surface area contributed by atoms with E-state index in [2.05, 4.69) is 27.9 Å². The highest BCUT2D eigenvalue weighted by atomic mass is 127. The molecule has 2 aromatic rings. The predicted molar refractivity (Wildman–Crippen MR) is 107 cm³/mol. The van der Waals surface area contributed by atoms with Gasteiger partial charge in [0.05, 0.1) is 24.9 Å². The fourth-order valence-corrected chi connectivity index (χ4v) is 3.08. The second-order valence-electron chi connectivity index (χ2n) is 5.09. The number of anilines is 1. The van der Waals surface area contributed by atoms with E-state index >= 15 is 0 Å². The molecule has 26 heavy (non-hydrogen) atoms. The number of nitrogens with zero attached hydrogens (tertiary/aromatic N) is 1. The Morgan fingerprint density at radius 1 is 1.15 bits per heavy atom. The lowest BCUT2D eigenvalue weighted by Crippen LogP contribution is -2.13. The lowest BCUT2D eigenvalue weighted by Gasteiger charge is -2.11. The van der Waals surface area contributed by atoms with Gasteiger partial charge >= 0.3 is 0 Å². The van der Waals surface area contributed by atoms with E-state index in [1.165, 1.54) is 13.2 Å². The number of amides is 1. The van der Waals surface area contributed by atoms with Crippen molar-refractivity contribution in [2.45, 2.75) is 0 Å². The third-order valence-corrected chi connectivity index (χ3v) is 4.26. The zero-order valence-electron chi connectivity index (χ0n) is 14.5. The number of nitrogens with one attached hydrogen (secondary N) is 1. The van der Waals surface area contributed by atoms with Gasteiger partial charge in [-0.2, -0.15) is 5.26 Å². The molecule has 0 aliphatic rings. The largest absolute Gasteiger partial charge is 0.497 e. The van der Waals surface area contributed by atoms with Gasteiger partial charge in [0.25, 0.3) is 5.91 Å². The standard InChI is InChI=1S/C19H17IN2O4/c1-24-15-6-4-5-14(10-15)22-19(23)13(11-21)7-12-8-16(20)18(26-3)17(9-12)25-2/h4-10H,1-3H3,(H,22,23)/b13-7+. The maximum atomic E-state index is 12.4. The van der Waals surface area contributed by atoms with Crippen LogP contribution in [-0.4, -0.2) is 27.2 Å². The Labute approximate surface area is 165 Å². The average molecular weight is 464 g/mol. The van der Waals surface area contributed by atoms with Gasteiger partial charge in [-0.05, 0) is 58.5 Å². The molecule has 0 saturated carbocycles. The molecular formula is C19H17IN2O4. The van der Waals surface area contributed by atoms with Crippen molar-refractivity contribution in [2.24, 2.45) is 0 Å². The Kier molecular flexibility index (Phi) is 6.86. The zero-order valence-corrected chi connectivity index (χ0v) is 16.7. The van der Waals surface area contributed by atoms with Crippen LogP contribution in [0, 0.1) is 14.9 Å². The zero-order chi connectivity index (χ0) is 19.1. The average Bonchev–Trinajstić information content (AvgIpc) is 2.65. The van der Waals surface area contributed by atoms with Gasteiger partial charge in [-0.3, -0.25) is 4.79 Å². The fourth-order valence-electron chi connectivity index (χ4n) is 2.24. The highest BCUT2D eigenvalue weighted by Crippen LogP contribution is 2.34. The molecule has 0 aliphatic heterocycles. The summed E-state index contributed by atoms with van der Waals surface area (Å²) in [7, 11) is 4.63. The lowest BCUT2D eigenvalue weighted by molar-refractivity contribution is -0.112. The van der Waals surface area contributed by atoms with Crippen LogP contribution in [0.3, 0.4) is 0 Å². The monoisotopic (exact) mass is 464 g/mol. The Hall–Kier alpha value is -2.73. The first-order valence-corrected chi connectivity index (χ1v) is 8.59. The number of ether oxygens (including phenoxy) is 3. The van der Waals surface area contributed by atoms with Crippen LogP contribution in [0.2, 0.25) is 0 Å². The summed E-state index contributed by atoms with van der Waals surface area (Å²) >= 11 is 2.11. The summed E-state index contributed by atoms with van der Waals surface area (Å²) in [6.07, 6.45) is 1.50. The summed E-state index contributed by atoms with van der Waals surface area (Å²) in [6.45, 7) is 0. The molecule has 0 aromatic heterocycles. The van der Waals surface area contributed by atoms with Crippen molar-refractivity contribution in [3.63, 3.8) is 0 Å². The SMILES string of the molecule is COc1cccc(NC(=O)/C(C#N)=C/c2cc(I)c(OC)c(OC)c2)c1. The van der Waals surface area contributed by atoms with Crippen LogP contribution >= 0.6 is 22.6 Å². The van der Waals surface area contributed by atoms with Crippen molar-refractivity contribution in [3.8, 4) is 23.3 Å². The Morgan fingerprint density at radius 3 is 2.54 bits per heavy atom. The van der Waals surface area contributed by atoms with Gasteiger partial charge in [0.2, 0.25) is 0 Å². The first-order chi connectivity index (χ1) is 12.5. The molecule has 0 saturated heterocycles. The second kappa shape index (κ2) is 9.10. The fraction of sp³-hybridized carbons (Fsp3) is 0.158. The summed E-state index contributed by atoms with van der Waals surface area (Å²) in [5.41, 5.74) is 1.16. The number of benzene rings is 2. The molecule has 0 fully saturated rings. The molecule has 2 rings (SSSR count). The van der Waals surface area contributed by atoms with Gasteiger partial charge in [-0.25, -0.2) is 0 Å². The second-order valence-corrected chi connectivity index (χ2v) is 6.26. The van der Waals surface area contributed by atoms with Crippen LogP contribution in [0.5, 0.6) is 17.2 Å². The molecule has 7 heteroatoms. The van der Waals surface area contributed by atoms with E-state index in [0.29, 0.717) is 28.5 Å². The van der Waals surface area contributed by atoms with Crippen LogP contribution in [0.1, 0.15) is 5.56 Å². The predicted octanol–water partition coefficient (Wildman–Crippen LogP) is 3.86. The third-order valence-electron chi connectivity index (χ3n) is 3.46. The molecule has 0 bridgehead atoms. The maximum absolute atomic E-state index is 12.4. The molecule has 0 spiro atoms. The molecule has 1 N–H and O–H groups in total. The third kappa shape index (κ3) is 4.67. The first-order valence-electron chi connectivity index (χ1n) is 7.51. The number of nitriles is 1. The van der Waals surface area contributed by atoms with Crippen molar-refractivity contribution < 1.29 is 19.0 Å². The van der Waals surface area contributed by atoms with Gasteiger partial charge in [0.15, 0.2) is 11.5 Å². The van der Waals surface area contributed by atoms with Gasteiger partial charge in [-0.1, -0.05) is 6.07 Å². The molecule has 6 nitrogen and oxygen atoms in total. The number of methoxy groups -OCH3 is 3. The van der Waals surface area contributed by atoms with Gasteiger partial charge in [0.1, 0.15) is 17.4 Å².